The lowest BCUT2D eigenvalue weighted by molar-refractivity contribution is 0.173. The molecule has 0 radical (unpaired) electrons. The molecule has 96 valence electrons. The molecule has 2 rings (SSSR count). The Hall–Kier alpha value is -1.75. The highest BCUT2D eigenvalue weighted by molar-refractivity contribution is 5.19. The molecule has 0 bridgehead atoms. The highest BCUT2D eigenvalue weighted by Crippen LogP contribution is 2.17. The van der Waals surface area contributed by atoms with Crippen LogP contribution >= 0.6 is 0 Å². The molecule has 0 aromatic carbocycles. The Labute approximate surface area is 107 Å². The molecule has 2 aromatic rings. The van der Waals surface area contributed by atoms with Crippen molar-refractivity contribution in [3.8, 4) is 0 Å². The molecule has 0 fully saturated rings. The normalized spacial score (nSPS) is 12.6. The minimum absolute atomic E-state index is 0.463. The van der Waals surface area contributed by atoms with Gasteiger partial charge in [-0.15, -0.1) is 0 Å². The van der Waals surface area contributed by atoms with Gasteiger partial charge >= 0.3 is 0 Å². The van der Waals surface area contributed by atoms with Gasteiger partial charge in [-0.25, -0.2) is 4.98 Å². The molecular weight excluding hydrogens is 228 g/mol. The van der Waals surface area contributed by atoms with Gasteiger partial charge in [-0.3, -0.25) is 9.67 Å². The van der Waals surface area contributed by atoms with Gasteiger partial charge in [0.25, 0.3) is 0 Å². The molecule has 1 N–H and O–H groups in total. The molecule has 1 atom stereocenters. The molecule has 0 aliphatic heterocycles. The molecular formula is C13H18N4O. The van der Waals surface area contributed by atoms with Gasteiger partial charge in [0.1, 0.15) is 12.2 Å². The average molecular weight is 246 g/mol. The third kappa shape index (κ3) is 2.92. The van der Waals surface area contributed by atoms with E-state index in [0.717, 1.165) is 29.9 Å². The van der Waals surface area contributed by atoms with Crippen LogP contribution in [0.15, 0.2) is 24.8 Å². The van der Waals surface area contributed by atoms with Gasteiger partial charge in [0.05, 0.1) is 6.10 Å². The number of aliphatic hydroxyl groups excluding tert-OH is 1. The minimum atomic E-state index is -0.586. The van der Waals surface area contributed by atoms with E-state index in [4.69, 9.17) is 0 Å². The van der Waals surface area contributed by atoms with Crippen LogP contribution in [0.4, 0.5) is 0 Å². The first-order valence-electron chi connectivity index (χ1n) is 6.17. The third-order valence-corrected chi connectivity index (χ3v) is 2.79. The number of hydrogen-bond donors (Lipinski definition) is 1. The summed E-state index contributed by atoms with van der Waals surface area (Å²) in [5.41, 5.74) is 1.86. The van der Waals surface area contributed by atoms with E-state index in [1.807, 2.05) is 17.7 Å². The maximum absolute atomic E-state index is 10.2. The number of nitrogens with zero attached hydrogens (tertiary/aromatic N) is 4. The fraction of sp³-hybridized carbons (Fsp3) is 0.462. The summed E-state index contributed by atoms with van der Waals surface area (Å²) in [6.07, 6.45) is 5.88. The second-order valence-electron chi connectivity index (χ2n) is 4.41. The zero-order valence-corrected chi connectivity index (χ0v) is 10.7. The van der Waals surface area contributed by atoms with Crippen LogP contribution < -0.4 is 0 Å². The van der Waals surface area contributed by atoms with Crippen LogP contribution in [0, 0.1) is 6.92 Å². The van der Waals surface area contributed by atoms with Crippen molar-refractivity contribution in [3.63, 3.8) is 0 Å². The van der Waals surface area contributed by atoms with Crippen LogP contribution in [0.3, 0.4) is 0 Å². The second-order valence-corrected chi connectivity index (χ2v) is 4.41. The van der Waals surface area contributed by atoms with Gasteiger partial charge in [-0.05, 0) is 24.5 Å². The lowest BCUT2D eigenvalue weighted by Crippen LogP contribution is -2.10. The lowest BCUT2D eigenvalue weighted by atomic mass is 10.1. The summed E-state index contributed by atoms with van der Waals surface area (Å²) >= 11 is 0. The minimum Gasteiger partial charge on any atom is -0.388 e. The van der Waals surface area contributed by atoms with Crippen molar-refractivity contribution in [1.29, 1.82) is 0 Å². The van der Waals surface area contributed by atoms with Gasteiger partial charge in [0.2, 0.25) is 0 Å². The fourth-order valence-corrected chi connectivity index (χ4v) is 1.90. The first-order chi connectivity index (χ1) is 8.70. The van der Waals surface area contributed by atoms with Crippen molar-refractivity contribution < 1.29 is 5.11 Å². The zero-order chi connectivity index (χ0) is 13.0. The van der Waals surface area contributed by atoms with Gasteiger partial charge in [0.15, 0.2) is 0 Å². The van der Waals surface area contributed by atoms with E-state index >= 15 is 0 Å². The Balaban J connectivity index is 2.11. The summed E-state index contributed by atoms with van der Waals surface area (Å²) in [6.45, 7) is 4.88. The summed E-state index contributed by atoms with van der Waals surface area (Å²) in [6, 6.07) is 1.94. The number of rotatable bonds is 5. The summed E-state index contributed by atoms with van der Waals surface area (Å²) in [5.74, 6) is 0.811. The Morgan fingerprint density at radius 3 is 2.94 bits per heavy atom. The highest BCUT2D eigenvalue weighted by atomic mass is 16.3. The lowest BCUT2D eigenvalue weighted by Gasteiger charge is -2.11. The predicted molar refractivity (Wildman–Crippen MR) is 68.0 cm³/mol. The zero-order valence-electron chi connectivity index (χ0n) is 10.7. The van der Waals surface area contributed by atoms with E-state index in [2.05, 4.69) is 22.0 Å². The SMILES string of the molecule is CCCn1ncnc1CC(O)c1cncc(C)c1. The fourth-order valence-electron chi connectivity index (χ4n) is 1.90. The summed E-state index contributed by atoms with van der Waals surface area (Å²) in [7, 11) is 0. The molecule has 0 saturated heterocycles. The number of aromatic nitrogens is 4. The quantitative estimate of drug-likeness (QED) is 0.871. The Bertz CT molecular complexity index is 509. The Morgan fingerprint density at radius 2 is 2.22 bits per heavy atom. The second kappa shape index (κ2) is 5.73. The van der Waals surface area contributed by atoms with Crippen LogP contribution in [-0.4, -0.2) is 24.9 Å². The van der Waals surface area contributed by atoms with Gasteiger partial charge in [-0.1, -0.05) is 13.0 Å². The highest BCUT2D eigenvalue weighted by Gasteiger charge is 2.13. The maximum atomic E-state index is 10.2. The van der Waals surface area contributed by atoms with Crippen LogP contribution in [0.1, 0.15) is 36.4 Å². The van der Waals surface area contributed by atoms with E-state index in [-0.39, 0.29) is 0 Å². The molecule has 0 spiro atoms. The van der Waals surface area contributed by atoms with Crippen molar-refractivity contribution in [1.82, 2.24) is 19.7 Å². The smallest absolute Gasteiger partial charge is 0.138 e. The van der Waals surface area contributed by atoms with E-state index < -0.39 is 6.10 Å². The van der Waals surface area contributed by atoms with Gasteiger partial charge in [-0.2, -0.15) is 5.10 Å². The molecule has 0 aliphatic rings. The third-order valence-electron chi connectivity index (χ3n) is 2.79. The van der Waals surface area contributed by atoms with Gasteiger partial charge < -0.3 is 5.11 Å². The molecule has 18 heavy (non-hydrogen) atoms. The number of aryl methyl sites for hydroxylation is 2. The van der Waals surface area contributed by atoms with Crippen molar-refractivity contribution in [2.45, 2.75) is 39.3 Å². The largest absolute Gasteiger partial charge is 0.388 e. The van der Waals surface area contributed by atoms with E-state index in [9.17, 15) is 5.11 Å². The monoisotopic (exact) mass is 246 g/mol. The molecule has 1 unspecified atom stereocenters. The predicted octanol–water partition coefficient (Wildman–Crippen LogP) is 1.67. The molecule has 0 amide bonds. The summed E-state index contributed by atoms with van der Waals surface area (Å²) in [5, 5.41) is 14.3. The van der Waals surface area contributed by atoms with Crippen molar-refractivity contribution in [2.75, 3.05) is 0 Å². The van der Waals surface area contributed by atoms with Crippen molar-refractivity contribution in [2.24, 2.45) is 0 Å². The van der Waals surface area contributed by atoms with Crippen LogP contribution in [-0.2, 0) is 13.0 Å². The number of aliphatic hydroxyl groups is 1. The first-order valence-corrected chi connectivity index (χ1v) is 6.17. The van der Waals surface area contributed by atoms with E-state index in [1.165, 1.54) is 6.33 Å². The maximum Gasteiger partial charge on any atom is 0.138 e. The van der Waals surface area contributed by atoms with Crippen molar-refractivity contribution >= 4 is 0 Å². The molecule has 2 heterocycles. The summed E-state index contributed by atoms with van der Waals surface area (Å²) < 4.78 is 1.84. The Kier molecular flexibility index (Phi) is 4.04. The summed E-state index contributed by atoms with van der Waals surface area (Å²) in [4.78, 5) is 8.28. The van der Waals surface area contributed by atoms with E-state index in [0.29, 0.717) is 6.42 Å². The standard InChI is InChI=1S/C13H18N4O/c1-3-4-17-13(15-9-16-17)6-12(18)11-5-10(2)7-14-8-11/h5,7-9,12,18H,3-4,6H2,1-2H3. The van der Waals surface area contributed by atoms with Crippen molar-refractivity contribution in [3.05, 3.63) is 41.7 Å². The molecule has 2 aromatic heterocycles. The number of pyridine rings is 1. The molecule has 0 aliphatic carbocycles. The van der Waals surface area contributed by atoms with Gasteiger partial charge in [0, 0.05) is 25.4 Å². The number of hydrogen-bond acceptors (Lipinski definition) is 4. The van der Waals surface area contributed by atoms with Crippen LogP contribution in [0.5, 0.6) is 0 Å². The van der Waals surface area contributed by atoms with Crippen LogP contribution in [0.25, 0.3) is 0 Å². The first kappa shape index (κ1) is 12.7. The van der Waals surface area contributed by atoms with Crippen LogP contribution in [0.2, 0.25) is 0 Å². The molecule has 0 saturated carbocycles. The molecule has 5 nitrogen and oxygen atoms in total. The topological polar surface area (TPSA) is 63.8 Å². The Morgan fingerprint density at radius 1 is 1.39 bits per heavy atom. The van der Waals surface area contributed by atoms with E-state index in [1.54, 1.807) is 12.4 Å². The average Bonchev–Trinajstić information content (AvgIpc) is 2.77. The molecule has 5 heteroatoms.